The molecule has 0 radical (unpaired) electrons. The molecule has 1 aliphatic carbocycles. The van der Waals surface area contributed by atoms with Crippen LogP contribution >= 0.6 is 0 Å². The molecular weight excluding hydrogens is 461 g/mol. The number of carbonyl (C=O) groups is 1. The molecule has 4 aromatic rings. The Balaban J connectivity index is 1.30. The molecule has 6 rings (SSSR count). The molecule has 2 atom stereocenters. The van der Waals surface area contributed by atoms with Gasteiger partial charge >= 0.3 is 5.97 Å². The Labute approximate surface area is 207 Å². The predicted octanol–water partition coefficient (Wildman–Crippen LogP) is 6.25. The highest BCUT2D eigenvalue weighted by Crippen LogP contribution is 2.45. The maximum atomic E-state index is 15.2. The Hall–Kier alpha value is -4.13. The molecule has 0 N–H and O–H groups in total. The van der Waals surface area contributed by atoms with Crippen molar-refractivity contribution in [2.24, 2.45) is 0 Å². The zero-order valence-corrected chi connectivity index (χ0v) is 19.7. The number of fused-ring (bicyclic) bond motifs is 2. The first-order valence-corrected chi connectivity index (χ1v) is 11.9. The van der Waals surface area contributed by atoms with Gasteiger partial charge in [0.25, 0.3) is 0 Å². The summed E-state index contributed by atoms with van der Waals surface area (Å²) in [6, 6.07) is 14.7. The van der Waals surface area contributed by atoms with Gasteiger partial charge in [-0.15, -0.1) is 0 Å². The van der Waals surface area contributed by atoms with Gasteiger partial charge in [-0.2, -0.15) is 0 Å². The molecule has 0 amide bonds. The molecule has 2 aliphatic rings. The molecule has 0 fully saturated rings. The third-order valence-corrected chi connectivity index (χ3v) is 6.96. The van der Waals surface area contributed by atoms with Gasteiger partial charge in [0.05, 0.1) is 38.4 Å². The number of ether oxygens (including phenoxy) is 3. The van der Waals surface area contributed by atoms with Gasteiger partial charge in [-0.1, -0.05) is 18.2 Å². The highest BCUT2D eigenvalue weighted by molar-refractivity contribution is 5.83. The number of carbonyl (C=O) groups excluding carboxylic acids is 1. The Morgan fingerprint density at radius 1 is 1.17 bits per heavy atom. The topological polar surface area (TPSA) is 70.8 Å². The van der Waals surface area contributed by atoms with Crippen molar-refractivity contribution in [2.45, 2.75) is 31.3 Å². The molecule has 182 valence electrons. The molecule has 2 aromatic carbocycles. The monoisotopic (exact) mass is 485 g/mol. The lowest BCUT2D eigenvalue weighted by Gasteiger charge is -2.18. The Bertz CT molecular complexity index is 1430. The van der Waals surface area contributed by atoms with Gasteiger partial charge in [0.1, 0.15) is 23.4 Å². The standard InChI is InChI=1S/C29H24FNO5/c1-33-27(32)13-18-16-35-26-14-19(4-5-20(18)26)36-25-9-7-22-21(6-8-24(30)28(22)25)23-3-2-11-31-29(23)17-10-12-34-15-17/h2-6,8,10-12,14-15,18,25H,7,9,13,16H2,1H3/t18?,25-/m1/s1. The second kappa shape index (κ2) is 9.15. The first-order chi connectivity index (χ1) is 17.6. The summed E-state index contributed by atoms with van der Waals surface area (Å²) in [5.74, 6) is 0.706. The molecule has 0 saturated heterocycles. The van der Waals surface area contributed by atoms with E-state index in [4.69, 9.17) is 18.6 Å². The van der Waals surface area contributed by atoms with Crippen LogP contribution in [-0.2, 0) is 16.0 Å². The predicted molar refractivity (Wildman–Crippen MR) is 130 cm³/mol. The number of benzene rings is 2. The summed E-state index contributed by atoms with van der Waals surface area (Å²) in [6.07, 6.45) is 6.22. The van der Waals surface area contributed by atoms with Crippen LogP contribution < -0.4 is 9.47 Å². The van der Waals surface area contributed by atoms with Crippen molar-refractivity contribution in [2.75, 3.05) is 13.7 Å². The fourth-order valence-electron chi connectivity index (χ4n) is 5.24. The maximum absolute atomic E-state index is 15.2. The van der Waals surface area contributed by atoms with E-state index >= 15 is 4.39 Å². The molecule has 0 spiro atoms. The SMILES string of the molecule is COC(=O)CC1COc2cc(O[C@@H]3CCc4c(-c5cccnc5-c5ccoc5)ccc(F)c43)ccc21. The minimum Gasteiger partial charge on any atom is -0.492 e. The third-order valence-electron chi connectivity index (χ3n) is 6.96. The highest BCUT2D eigenvalue weighted by atomic mass is 19.1. The van der Waals surface area contributed by atoms with E-state index in [1.54, 1.807) is 18.7 Å². The second-order valence-electron chi connectivity index (χ2n) is 9.03. The molecule has 7 heteroatoms. The lowest BCUT2D eigenvalue weighted by Crippen LogP contribution is -2.09. The van der Waals surface area contributed by atoms with Gasteiger partial charge in [-0.25, -0.2) is 4.39 Å². The van der Waals surface area contributed by atoms with E-state index in [0.717, 1.165) is 33.5 Å². The Kier molecular flexibility index (Phi) is 5.68. The lowest BCUT2D eigenvalue weighted by molar-refractivity contribution is -0.141. The number of hydrogen-bond acceptors (Lipinski definition) is 6. The van der Waals surface area contributed by atoms with Crippen molar-refractivity contribution in [3.05, 3.63) is 89.8 Å². The smallest absolute Gasteiger partial charge is 0.306 e. The summed E-state index contributed by atoms with van der Waals surface area (Å²) in [5, 5.41) is 0. The Morgan fingerprint density at radius 3 is 2.92 bits per heavy atom. The number of nitrogens with zero attached hydrogens (tertiary/aromatic N) is 1. The zero-order chi connectivity index (χ0) is 24.6. The number of pyridine rings is 1. The summed E-state index contributed by atoms with van der Waals surface area (Å²) in [6.45, 7) is 0.419. The van der Waals surface area contributed by atoms with Crippen molar-refractivity contribution in [1.29, 1.82) is 0 Å². The Morgan fingerprint density at radius 2 is 2.08 bits per heavy atom. The highest BCUT2D eigenvalue weighted by Gasteiger charge is 2.32. The fourth-order valence-corrected chi connectivity index (χ4v) is 5.24. The van der Waals surface area contributed by atoms with E-state index in [2.05, 4.69) is 4.98 Å². The number of methoxy groups -OCH3 is 1. The number of esters is 1. The van der Waals surface area contributed by atoms with E-state index < -0.39 is 6.10 Å². The van der Waals surface area contributed by atoms with Crippen LogP contribution in [0.15, 0.2) is 71.7 Å². The summed E-state index contributed by atoms with van der Waals surface area (Å²) >= 11 is 0. The molecule has 3 heterocycles. The van der Waals surface area contributed by atoms with Crippen molar-refractivity contribution >= 4 is 5.97 Å². The quantitative estimate of drug-likeness (QED) is 0.301. The summed E-state index contributed by atoms with van der Waals surface area (Å²) < 4.78 is 37.3. The van der Waals surface area contributed by atoms with Crippen molar-refractivity contribution in [3.63, 3.8) is 0 Å². The summed E-state index contributed by atoms with van der Waals surface area (Å²) in [7, 11) is 1.38. The maximum Gasteiger partial charge on any atom is 0.306 e. The minimum absolute atomic E-state index is 0.0439. The van der Waals surface area contributed by atoms with E-state index in [9.17, 15) is 4.79 Å². The van der Waals surface area contributed by atoms with Crippen molar-refractivity contribution in [3.8, 4) is 33.9 Å². The average Bonchev–Trinajstić information content (AvgIpc) is 3.66. The van der Waals surface area contributed by atoms with Crippen molar-refractivity contribution < 1.29 is 27.8 Å². The lowest BCUT2D eigenvalue weighted by atomic mass is 9.94. The molecule has 1 aliphatic heterocycles. The number of rotatable bonds is 6. The fraction of sp³-hybridized carbons (Fsp3) is 0.241. The van der Waals surface area contributed by atoms with Crippen LogP contribution in [0.25, 0.3) is 22.4 Å². The number of furan rings is 1. The normalized spacial score (nSPS) is 17.8. The summed E-state index contributed by atoms with van der Waals surface area (Å²) in [4.78, 5) is 16.3. The van der Waals surface area contributed by atoms with Crippen LogP contribution in [0.5, 0.6) is 11.5 Å². The van der Waals surface area contributed by atoms with Crippen molar-refractivity contribution in [1.82, 2.24) is 4.98 Å². The second-order valence-corrected chi connectivity index (χ2v) is 9.03. The van der Waals surface area contributed by atoms with E-state index in [0.29, 0.717) is 36.5 Å². The van der Waals surface area contributed by atoms with E-state index in [1.807, 2.05) is 42.5 Å². The van der Waals surface area contributed by atoms with Crippen LogP contribution in [0.3, 0.4) is 0 Å². The number of halogens is 1. The van der Waals surface area contributed by atoms with Gasteiger partial charge in [0.2, 0.25) is 0 Å². The molecular formula is C29H24FNO5. The van der Waals surface area contributed by atoms with Gasteiger partial charge in [0.15, 0.2) is 0 Å². The number of hydrogen-bond donors (Lipinski definition) is 0. The number of aromatic nitrogens is 1. The minimum atomic E-state index is -0.417. The van der Waals surface area contributed by atoms with Gasteiger partial charge in [-0.3, -0.25) is 9.78 Å². The van der Waals surface area contributed by atoms with Crippen LogP contribution in [0.4, 0.5) is 4.39 Å². The van der Waals surface area contributed by atoms with Gasteiger partial charge in [0, 0.05) is 40.4 Å². The first kappa shape index (κ1) is 22.3. The van der Waals surface area contributed by atoms with Crippen LogP contribution in [0.1, 0.15) is 41.6 Å². The third kappa shape index (κ3) is 3.90. The zero-order valence-electron chi connectivity index (χ0n) is 19.7. The molecule has 6 nitrogen and oxygen atoms in total. The first-order valence-electron chi connectivity index (χ1n) is 11.9. The van der Waals surface area contributed by atoms with Gasteiger partial charge in [-0.05, 0) is 48.2 Å². The molecule has 1 unspecified atom stereocenters. The van der Waals surface area contributed by atoms with Crippen LogP contribution in [-0.4, -0.2) is 24.7 Å². The van der Waals surface area contributed by atoms with E-state index in [1.165, 1.54) is 13.2 Å². The van der Waals surface area contributed by atoms with Crippen LogP contribution in [0, 0.1) is 5.82 Å². The molecule has 0 bridgehead atoms. The van der Waals surface area contributed by atoms with Crippen LogP contribution in [0.2, 0.25) is 0 Å². The largest absolute Gasteiger partial charge is 0.492 e. The van der Waals surface area contributed by atoms with E-state index in [-0.39, 0.29) is 24.1 Å². The average molecular weight is 486 g/mol. The summed E-state index contributed by atoms with van der Waals surface area (Å²) in [5.41, 5.74) is 6.02. The molecule has 36 heavy (non-hydrogen) atoms. The van der Waals surface area contributed by atoms with Gasteiger partial charge < -0.3 is 18.6 Å². The molecule has 0 saturated carbocycles. The molecule has 2 aromatic heterocycles.